The van der Waals surface area contributed by atoms with Gasteiger partial charge in [-0.05, 0) is 54.0 Å². The van der Waals surface area contributed by atoms with Crippen LogP contribution in [0.15, 0.2) is 40.3 Å². The lowest BCUT2D eigenvalue weighted by atomic mass is 10.0. The summed E-state index contributed by atoms with van der Waals surface area (Å²) in [7, 11) is 0. The summed E-state index contributed by atoms with van der Waals surface area (Å²) in [5.74, 6) is 0. The van der Waals surface area contributed by atoms with Gasteiger partial charge in [0.25, 0.3) is 0 Å². The van der Waals surface area contributed by atoms with Crippen LogP contribution in [-0.2, 0) is 25.7 Å². The Kier molecular flexibility index (Phi) is 6.78. The molecule has 0 aliphatic carbocycles. The maximum absolute atomic E-state index is 6.33. The van der Waals surface area contributed by atoms with Gasteiger partial charge in [0, 0.05) is 5.02 Å². The Balaban J connectivity index is 2.53. The van der Waals surface area contributed by atoms with Gasteiger partial charge >= 0.3 is 0 Å². The van der Waals surface area contributed by atoms with Crippen LogP contribution in [-0.4, -0.2) is 6.01 Å². The third-order valence-corrected chi connectivity index (χ3v) is 4.69. The van der Waals surface area contributed by atoms with Crippen molar-refractivity contribution in [3.05, 3.63) is 57.6 Å². The van der Waals surface area contributed by atoms with Gasteiger partial charge in [-0.15, -0.1) is 0 Å². The van der Waals surface area contributed by atoms with Gasteiger partial charge in [-0.3, -0.25) is 0 Å². The van der Waals surface area contributed by atoms with Gasteiger partial charge in [0.2, 0.25) is 0 Å². The molecule has 2 aromatic carbocycles. The Labute approximate surface area is 150 Å². The molecule has 0 bridgehead atoms. The quantitative estimate of drug-likeness (QED) is 0.521. The number of halogens is 1. The lowest BCUT2D eigenvalue weighted by molar-refractivity contribution is 1.08. The van der Waals surface area contributed by atoms with E-state index in [9.17, 15) is 0 Å². The van der Waals surface area contributed by atoms with Crippen molar-refractivity contribution in [2.75, 3.05) is 0 Å². The Morgan fingerprint density at radius 2 is 1.29 bits per heavy atom. The van der Waals surface area contributed by atoms with Crippen LogP contribution in [0.4, 0.5) is 11.4 Å². The minimum absolute atomic E-state index is 0.762. The molecule has 0 amide bonds. The molecule has 24 heavy (non-hydrogen) atoms. The SMILES string of the molecule is CCc1cccc(CC)c1N=C=Nc1c(CC)ccc(Cl)c1CC. The summed E-state index contributed by atoms with van der Waals surface area (Å²) >= 11 is 6.33. The van der Waals surface area contributed by atoms with Crippen LogP contribution in [0.2, 0.25) is 5.02 Å². The Bertz CT molecular complexity index is 749. The molecule has 0 spiro atoms. The van der Waals surface area contributed by atoms with Crippen molar-refractivity contribution in [2.45, 2.75) is 53.4 Å². The van der Waals surface area contributed by atoms with Gasteiger partial charge < -0.3 is 0 Å². The van der Waals surface area contributed by atoms with E-state index >= 15 is 0 Å². The summed E-state index contributed by atoms with van der Waals surface area (Å²) in [6, 6.07) is 13.3. The molecule has 126 valence electrons. The molecule has 0 aliphatic heterocycles. The molecule has 0 saturated carbocycles. The van der Waals surface area contributed by atoms with E-state index in [0.29, 0.717) is 0 Å². The number of rotatable bonds is 6. The van der Waals surface area contributed by atoms with Crippen LogP contribution >= 0.6 is 11.6 Å². The second-order valence-corrected chi connectivity index (χ2v) is 6.10. The number of hydrogen-bond donors (Lipinski definition) is 0. The number of aliphatic imine (C=N–C) groups is 2. The van der Waals surface area contributed by atoms with Gasteiger partial charge in [-0.25, -0.2) is 0 Å². The Morgan fingerprint density at radius 3 is 1.83 bits per heavy atom. The largest absolute Gasteiger partial charge is 0.187 e. The zero-order valence-corrected chi connectivity index (χ0v) is 15.7. The van der Waals surface area contributed by atoms with Gasteiger partial charge in [-0.1, -0.05) is 63.6 Å². The molecule has 0 aromatic heterocycles. The molecule has 2 rings (SSSR count). The minimum atomic E-state index is 0.762. The summed E-state index contributed by atoms with van der Waals surface area (Å²) in [6.07, 6.45) is 3.66. The average molecular weight is 341 g/mol. The van der Waals surface area contributed by atoms with E-state index in [1.54, 1.807) is 0 Å². The van der Waals surface area contributed by atoms with Crippen molar-refractivity contribution in [1.82, 2.24) is 0 Å². The van der Waals surface area contributed by atoms with Crippen LogP contribution in [0.5, 0.6) is 0 Å². The fourth-order valence-corrected chi connectivity index (χ4v) is 3.19. The van der Waals surface area contributed by atoms with Crippen molar-refractivity contribution >= 4 is 29.0 Å². The number of benzene rings is 2. The average Bonchev–Trinajstić information content (AvgIpc) is 2.62. The number of aryl methyl sites for hydroxylation is 3. The zero-order chi connectivity index (χ0) is 17.5. The third-order valence-electron chi connectivity index (χ3n) is 4.33. The Hall–Kier alpha value is -1.89. The highest BCUT2D eigenvalue weighted by molar-refractivity contribution is 6.31. The van der Waals surface area contributed by atoms with Crippen molar-refractivity contribution < 1.29 is 0 Å². The van der Waals surface area contributed by atoms with Gasteiger partial charge in [-0.2, -0.15) is 9.98 Å². The lowest BCUT2D eigenvalue weighted by Crippen LogP contribution is -1.90. The predicted molar refractivity (Wildman–Crippen MR) is 105 cm³/mol. The predicted octanol–water partition coefficient (Wildman–Crippen LogP) is 6.73. The van der Waals surface area contributed by atoms with Crippen molar-refractivity contribution in [1.29, 1.82) is 0 Å². The van der Waals surface area contributed by atoms with Crippen molar-refractivity contribution in [3.8, 4) is 0 Å². The van der Waals surface area contributed by atoms with Crippen LogP contribution in [0.25, 0.3) is 0 Å². The monoisotopic (exact) mass is 340 g/mol. The fraction of sp³-hybridized carbons (Fsp3) is 0.381. The third kappa shape index (κ3) is 3.95. The highest BCUT2D eigenvalue weighted by Crippen LogP contribution is 2.32. The van der Waals surface area contributed by atoms with Gasteiger partial charge in [0.1, 0.15) is 6.01 Å². The molecule has 0 saturated heterocycles. The van der Waals surface area contributed by atoms with E-state index in [2.05, 4.69) is 61.9 Å². The summed E-state index contributed by atoms with van der Waals surface area (Å²) in [5, 5.41) is 0.762. The summed E-state index contributed by atoms with van der Waals surface area (Å²) in [6.45, 7) is 8.51. The van der Waals surface area contributed by atoms with Crippen LogP contribution in [0.3, 0.4) is 0 Å². The van der Waals surface area contributed by atoms with Crippen LogP contribution < -0.4 is 0 Å². The molecule has 0 heterocycles. The summed E-state index contributed by atoms with van der Waals surface area (Å²) < 4.78 is 0. The van der Waals surface area contributed by atoms with E-state index < -0.39 is 0 Å². The standard InChI is InChI=1S/C21H25ClN2/c1-5-15-10-9-11-16(6-2)20(15)23-14-24-21-17(7-3)12-13-19(22)18(21)8-4/h9-13H,5-8H2,1-4H3. The molecular weight excluding hydrogens is 316 g/mol. The number of nitrogens with zero attached hydrogens (tertiary/aromatic N) is 2. The first-order valence-electron chi connectivity index (χ1n) is 8.73. The highest BCUT2D eigenvalue weighted by atomic mass is 35.5. The van der Waals surface area contributed by atoms with Gasteiger partial charge in [0.15, 0.2) is 0 Å². The fourth-order valence-electron chi connectivity index (χ4n) is 2.90. The minimum Gasteiger partial charge on any atom is -0.187 e. The van der Waals surface area contributed by atoms with E-state index in [0.717, 1.165) is 47.6 Å². The molecule has 3 heteroatoms. The second-order valence-electron chi connectivity index (χ2n) is 5.70. The molecule has 2 aromatic rings. The number of para-hydroxylation sites is 1. The van der Waals surface area contributed by atoms with E-state index in [4.69, 9.17) is 11.6 Å². The molecule has 0 unspecified atom stereocenters. The molecule has 0 atom stereocenters. The molecule has 2 nitrogen and oxygen atoms in total. The molecule has 0 fully saturated rings. The maximum atomic E-state index is 6.33. The van der Waals surface area contributed by atoms with Crippen molar-refractivity contribution in [2.24, 2.45) is 9.98 Å². The van der Waals surface area contributed by atoms with Crippen molar-refractivity contribution in [3.63, 3.8) is 0 Å². The molecular formula is C21H25ClN2. The smallest absolute Gasteiger partial charge is 0.101 e. The molecule has 0 N–H and O–H groups in total. The van der Waals surface area contributed by atoms with Crippen LogP contribution in [0.1, 0.15) is 49.9 Å². The molecule has 0 radical (unpaired) electrons. The first-order chi connectivity index (χ1) is 11.7. The zero-order valence-electron chi connectivity index (χ0n) is 15.0. The van der Waals surface area contributed by atoms with E-state index in [1.807, 2.05) is 12.1 Å². The highest BCUT2D eigenvalue weighted by Gasteiger charge is 2.09. The molecule has 0 aliphatic rings. The first-order valence-corrected chi connectivity index (χ1v) is 9.11. The van der Waals surface area contributed by atoms with Gasteiger partial charge in [0.05, 0.1) is 11.4 Å². The Morgan fingerprint density at radius 1 is 0.750 bits per heavy atom. The lowest BCUT2D eigenvalue weighted by Gasteiger charge is -2.09. The summed E-state index contributed by atoms with van der Waals surface area (Å²) in [5.41, 5.74) is 6.63. The summed E-state index contributed by atoms with van der Waals surface area (Å²) in [4.78, 5) is 9.12. The van der Waals surface area contributed by atoms with Crippen LogP contribution in [0, 0.1) is 0 Å². The van der Waals surface area contributed by atoms with E-state index in [1.165, 1.54) is 16.7 Å². The first kappa shape index (κ1) is 18.4. The normalized spacial score (nSPS) is 10.4. The number of hydrogen-bond acceptors (Lipinski definition) is 2. The maximum Gasteiger partial charge on any atom is 0.101 e. The topological polar surface area (TPSA) is 24.7 Å². The van der Waals surface area contributed by atoms with E-state index in [-0.39, 0.29) is 0 Å². The second kappa shape index (κ2) is 8.82.